The monoisotopic (exact) mass is 334 g/mol. The molecule has 3 aromatic heterocycles. The number of anilines is 1. The quantitative estimate of drug-likeness (QED) is 0.796. The summed E-state index contributed by atoms with van der Waals surface area (Å²) in [6.07, 6.45) is 1.49. The second-order valence-corrected chi connectivity index (χ2v) is 7.24. The maximum absolute atomic E-state index is 12.7. The van der Waals surface area contributed by atoms with Gasteiger partial charge in [-0.3, -0.25) is 10.1 Å². The summed E-state index contributed by atoms with van der Waals surface area (Å²) >= 11 is 2.96. The van der Waals surface area contributed by atoms with Crippen molar-refractivity contribution in [1.29, 1.82) is 0 Å². The Balaban J connectivity index is 1.98. The van der Waals surface area contributed by atoms with E-state index in [9.17, 15) is 4.79 Å². The van der Waals surface area contributed by atoms with Crippen LogP contribution in [0.2, 0.25) is 0 Å². The number of carbonyl (C=O) groups is 1. The van der Waals surface area contributed by atoms with E-state index in [2.05, 4.69) is 25.8 Å². The molecule has 22 heavy (non-hydrogen) atoms. The topological polar surface area (TPSA) is 85.6 Å². The molecule has 7 nitrogen and oxygen atoms in total. The number of amides is 1. The summed E-state index contributed by atoms with van der Waals surface area (Å²) in [5.41, 5.74) is 2.44. The van der Waals surface area contributed by atoms with Crippen molar-refractivity contribution in [3.8, 4) is 5.00 Å². The van der Waals surface area contributed by atoms with Crippen molar-refractivity contribution in [2.24, 2.45) is 0 Å². The molecule has 0 bridgehead atoms. The first kappa shape index (κ1) is 14.8. The first-order chi connectivity index (χ1) is 10.5. The molecule has 0 radical (unpaired) electrons. The molecule has 0 aliphatic rings. The average molecular weight is 334 g/mol. The predicted octanol–water partition coefficient (Wildman–Crippen LogP) is 2.67. The third-order valence-corrected chi connectivity index (χ3v) is 5.59. The van der Waals surface area contributed by atoms with Gasteiger partial charge in [-0.2, -0.15) is 4.68 Å². The number of thiophene rings is 1. The fraction of sp³-hybridized carbons (Fsp3) is 0.308. The molecule has 3 aromatic rings. The van der Waals surface area contributed by atoms with Crippen molar-refractivity contribution in [1.82, 2.24) is 25.2 Å². The van der Waals surface area contributed by atoms with Gasteiger partial charge in [0.25, 0.3) is 5.91 Å². The number of hydrogen-bond acceptors (Lipinski definition) is 7. The summed E-state index contributed by atoms with van der Waals surface area (Å²) in [6.45, 7) is 7.80. The van der Waals surface area contributed by atoms with Crippen molar-refractivity contribution in [3.63, 3.8) is 0 Å². The number of carbonyl (C=O) groups excluding carboxylic acids is 1. The molecule has 3 heterocycles. The molecule has 1 N–H and O–H groups in total. The summed E-state index contributed by atoms with van der Waals surface area (Å²) in [5, 5.41) is 15.3. The van der Waals surface area contributed by atoms with Crippen molar-refractivity contribution in [3.05, 3.63) is 32.9 Å². The molecular formula is C13H14N6OS2. The van der Waals surface area contributed by atoms with E-state index in [4.69, 9.17) is 0 Å². The number of tetrazole rings is 1. The zero-order valence-corrected chi connectivity index (χ0v) is 14.2. The maximum atomic E-state index is 12.7. The van der Waals surface area contributed by atoms with E-state index in [0.717, 1.165) is 21.0 Å². The number of aromatic nitrogens is 5. The largest absolute Gasteiger partial charge is 0.298 e. The van der Waals surface area contributed by atoms with Crippen LogP contribution in [0.25, 0.3) is 5.00 Å². The van der Waals surface area contributed by atoms with Crippen LogP contribution in [0.4, 0.5) is 5.13 Å². The Kier molecular flexibility index (Phi) is 3.75. The fourth-order valence-corrected chi connectivity index (χ4v) is 3.86. The standard InChI is InChI=1S/C13H14N6OS2/c1-6-8(3)21-12(19-5-14-17-18-19)10(6)11(20)16-13-15-7(2)9(4)22-13/h5H,1-4H3,(H,15,16,20). The third-order valence-electron chi connectivity index (χ3n) is 3.40. The smallest absolute Gasteiger partial charge is 0.260 e. The third kappa shape index (κ3) is 2.53. The number of nitrogens with zero attached hydrogens (tertiary/aromatic N) is 5. The van der Waals surface area contributed by atoms with E-state index < -0.39 is 0 Å². The van der Waals surface area contributed by atoms with Gasteiger partial charge in [-0.15, -0.1) is 27.8 Å². The van der Waals surface area contributed by atoms with Gasteiger partial charge in [0.15, 0.2) is 5.13 Å². The van der Waals surface area contributed by atoms with Crippen molar-refractivity contribution < 1.29 is 4.79 Å². The Hall–Kier alpha value is -2.13. The van der Waals surface area contributed by atoms with Gasteiger partial charge < -0.3 is 0 Å². The summed E-state index contributed by atoms with van der Waals surface area (Å²) in [5.74, 6) is -0.193. The Morgan fingerprint density at radius 2 is 1.95 bits per heavy atom. The zero-order valence-electron chi connectivity index (χ0n) is 12.5. The number of nitrogens with one attached hydrogen (secondary N) is 1. The molecule has 0 atom stereocenters. The number of aryl methyl sites for hydroxylation is 3. The van der Waals surface area contributed by atoms with Crippen molar-refractivity contribution in [2.45, 2.75) is 27.7 Å². The van der Waals surface area contributed by atoms with Crippen LogP contribution < -0.4 is 5.32 Å². The van der Waals surface area contributed by atoms with E-state index in [1.807, 2.05) is 27.7 Å². The van der Waals surface area contributed by atoms with Gasteiger partial charge in [0, 0.05) is 9.75 Å². The molecule has 1 amide bonds. The van der Waals surface area contributed by atoms with Gasteiger partial charge in [-0.05, 0) is 43.7 Å². The van der Waals surface area contributed by atoms with Crippen LogP contribution in [0.1, 0.15) is 31.4 Å². The van der Waals surface area contributed by atoms with Crippen LogP contribution in [0.3, 0.4) is 0 Å². The Morgan fingerprint density at radius 3 is 2.55 bits per heavy atom. The van der Waals surface area contributed by atoms with Crippen LogP contribution in [0, 0.1) is 27.7 Å². The highest BCUT2D eigenvalue weighted by atomic mass is 32.1. The molecule has 0 aliphatic carbocycles. The van der Waals surface area contributed by atoms with E-state index in [1.165, 1.54) is 33.7 Å². The molecule has 114 valence electrons. The summed E-state index contributed by atoms with van der Waals surface area (Å²) in [6, 6.07) is 0. The molecule has 9 heteroatoms. The van der Waals surface area contributed by atoms with Crippen LogP contribution in [0.5, 0.6) is 0 Å². The number of thiazole rings is 1. The predicted molar refractivity (Wildman–Crippen MR) is 86.0 cm³/mol. The molecule has 3 rings (SSSR count). The maximum Gasteiger partial charge on any atom is 0.260 e. The zero-order chi connectivity index (χ0) is 15.9. The summed E-state index contributed by atoms with van der Waals surface area (Å²) < 4.78 is 1.51. The van der Waals surface area contributed by atoms with Crippen LogP contribution in [0.15, 0.2) is 6.33 Å². The number of rotatable bonds is 3. The highest BCUT2D eigenvalue weighted by Gasteiger charge is 2.22. The first-order valence-electron chi connectivity index (χ1n) is 6.56. The fourth-order valence-electron chi connectivity index (χ4n) is 1.98. The Bertz CT molecular complexity index is 814. The highest BCUT2D eigenvalue weighted by molar-refractivity contribution is 7.16. The molecule has 0 saturated carbocycles. The molecule has 0 spiro atoms. The molecule has 0 unspecified atom stereocenters. The molecule has 0 aromatic carbocycles. The van der Waals surface area contributed by atoms with Gasteiger partial charge in [-0.25, -0.2) is 4.98 Å². The lowest BCUT2D eigenvalue weighted by Gasteiger charge is -2.04. The van der Waals surface area contributed by atoms with Gasteiger partial charge in [0.1, 0.15) is 11.3 Å². The van der Waals surface area contributed by atoms with Crippen molar-refractivity contribution >= 4 is 33.7 Å². The van der Waals surface area contributed by atoms with Crippen LogP contribution in [-0.4, -0.2) is 31.1 Å². The van der Waals surface area contributed by atoms with E-state index >= 15 is 0 Å². The van der Waals surface area contributed by atoms with Gasteiger partial charge >= 0.3 is 0 Å². The Morgan fingerprint density at radius 1 is 1.18 bits per heavy atom. The second kappa shape index (κ2) is 5.58. The van der Waals surface area contributed by atoms with Gasteiger partial charge in [-0.1, -0.05) is 0 Å². The van der Waals surface area contributed by atoms with E-state index in [0.29, 0.717) is 15.7 Å². The van der Waals surface area contributed by atoms with E-state index in [1.54, 1.807) is 0 Å². The SMILES string of the molecule is Cc1nc(NC(=O)c2c(-n3cnnn3)sc(C)c2C)sc1C. The van der Waals surface area contributed by atoms with Crippen molar-refractivity contribution in [2.75, 3.05) is 5.32 Å². The van der Waals surface area contributed by atoms with Gasteiger partial charge in [0.05, 0.1) is 11.3 Å². The summed E-state index contributed by atoms with van der Waals surface area (Å²) in [4.78, 5) is 19.2. The second-order valence-electron chi connectivity index (χ2n) is 4.83. The normalized spacial score (nSPS) is 10.9. The lowest BCUT2D eigenvalue weighted by Crippen LogP contribution is -2.15. The minimum atomic E-state index is -0.193. The Labute approximate surface area is 135 Å². The lowest BCUT2D eigenvalue weighted by molar-refractivity contribution is 0.102. The average Bonchev–Trinajstić information content (AvgIpc) is 3.14. The highest BCUT2D eigenvalue weighted by Crippen LogP contribution is 2.31. The summed E-state index contributed by atoms with van der Waals surface area (Å²) in [7, 11) is 0. The first-order valence-corrected chi connectivity index (χ1v) is 8.19. The molecule has 0 aliphatic heterocycles. The lowest BCUT2D eigenvalue weighted by atomic mass is 10.1. The van der Waals surface area contributed by atoms with E-state index in [-0.39, 0.29) is 5.91 Å². The molecular weight excluding hydrogens is 320 g/mol. The number of hydrogen-bond donors (Lipinski definition) is 1. The van der Waals surface area contributed by atoms with Crippen LogP contribution >= 0.6 is 22.7 Å². The minimum Gasteiger partial charge on any atom is -0.298 e. The minimum absolute atomic E-state index is 0.193. The molecule has 0 saturated heterocycles. The van der Waals surface area contributed by atoms with Crippen LogP contribution in [-0.2, 0) is 0 Å². The molecule has 0 fully saturated rings. The van der Waals surface area contributed by atoms with Gasteiger partial charge in [0.2, 0.25) is 0 Å².